The molecule has 3 rings (SSSR count). The number of benzene rings is 2. The molecule has 0 aliphatic rings. The second-order valence-corrected chi connectivity index (χ2v) is 4.57. The van der Waals surface area contributed by atoms with Gasteiger partial charge in [0.15, 0.2) is 0 Å². The first kappa shape index (κ1) is 14.7. The monoisotopic (exact) mass is 310 g/mol. The number of aromatic nitrogens is 4. The van der Waals surface area contributed by atoms with E-state index in [2.05, 4.69) is 15.5 Å². The van der Waals surface area contributed by atoms with Crippen molar-refractivity contribution >= 4 is 5.97 Å². The first-order valence-electron chi connectivity index (χ1n) is 7.05. The van der Waals surface area contributed by atoms with E-state index in [1.165, 1.54) is 11.0 Å². The summed E-state index contributed by atoms with van der Waals surface area (Å²) in [5.74, 6) is 0.411. The second kappa shape index (κ2) is 6.69. The number of para-hydroxylation sites is 1. The van der Waals surface area contributed by atoms with Gasteiger partial charge in [-0.2, -0.15) is 0 Å². The fraction of sp³-hybridized carbons (Fsp3) is 0.125. The molecular formula is C16H14N4O3. The average Bonchev–Trinajstić information content (AvgIpc) is 3.10. The van der Waals surface area contributed by atoms with Crippen LogP contribution in [0.15, 0.2) is 54.9 Å². The van der Waals surface area contributed by atoms with Gasteiger partial charge in [-0.05, 0) is 41.6 Å². The van der Waals surface area contributed by atoms with Crippen molar-refractivity contribution in [3.8, 4) is 17.2 Å². The van der Waals surface area contributed by atoms with Gasteiger partial charge in [0.25, 0.3) is 0 Å². The van der Waals surface area contributed by atoms with Gasteiger partial charge in [0.2, 0.25) is 0 Å². The molecule has 2 aromatic carbocycles. The van der Waals surface area contributed by atoms with E-state index in [1.807, 2.05) is 13.0 Å². The summed E-state index contributed by atoms with van der Waals surface area (Å²) in [5.41, 5.74) is 1.07. The van der Waals surface area contributed by atoms with Crippen molar-refractivity contribution in [3.05, 3.63) is 60.4 Å². The molecule has 7 heteroatoms. The predicted molar refractivity (Wildman–Crippen MR) is 81.7 cm³/mol. The number of tetrazole rings is 1. The number of ether oxygens (including phenoxy) is 2. The number of nitrogens with zero attached hydrogens (tertiary/aromatic N) is 4. The summed E-state index contributed by atoms with van der Waals surface area (Å²) in [7, 11) is 0. The summed E-state index contributed by atoms with van der Waals surface area (Å²) in [5, 5.41) is 11.0. The van der Waals surface area contributed by atoms with Gasteiger partial charge in [0.1, 0.15) is 23.4 Å². The molecule has 0 fully saturated rings. The number of rotatable bonds is 5. The van der Waals surface area contributed by atoms with E-state index in [0.717, 1.165) is 0 Å². The Kier molecular flexibility index (Phi) is 4.28. The van der Waals surface area contributed by atoms with Crippen molar-refractivity contribution in [3.63, 3.8) is 0 Å². The topological polar surface area (TPSA) is 79.1 Å². The molecule has 3 aromatic rings. The lowest BCUT2D eigenvalue weighted by Gasteiger charge is -2.10. The van der Waals surface area contributed by atoms with Gasteiger partial charge < -0.3 is 9.47 Å². The zero-order valence-electron chi connectivity index (χ0n) is 12.4. The summed E-state index contributed by atoms with van der Waals surface area (Å²) < 4.78 is 12.3. The zero-order chi connectivity index (χ0) is 16.1. The summed E-state index contributed by atoms with van der Waals surface area (Å²) in [6.07, 6.45) is 1.46. The van der Waals surface area contributed by atoms with Gasteiger partial charge >= 0.3 is 5.97 Å². The third kappa shape index (κ3) is 3.34. The van der Waals surface area contributed by atoms with E-state index < -0.39 is 5.97 Å². The molecule has 0 saturated carbocycles. The van der Waals surface area contributed by atoms with Crippen LogP contribution in [0.2, 0.25) is 0 Å². The van der Waals surface area contributed by atoms with Crippen molar-refractivity contribution in [2.45, 2.75) is 6.92 Å². The Bertz CT molecular complexity index is 803. The molecule has 0 aliphatic carbocycles. The normalized spacial score (nSPS) is 10.3. The highest BCUT2D eigenvalue weighted by atomic mass is 16.5. The minimum absolute atomic E-state index is 0.377. The van der Waals surface area contributed by atoms with Crippen molar-refractivity contribution in [2.75, 3.05) is 6.61 Å². The van der Waals surface area contributed by atoms with Gasteiger partial charge in [-0.15, -0.1) is 5.10 Å². The van der Waals surface area contributed by atoms with Gasteiger partial charge in [0.05, 0.1) is 12.3 Å². The number of carbonyl (C=O) groups is 1. The molecule has 0 aliphatic heterocycles. The van der Waals surface area contributed by atoms with Crippen LogP contribution in [0.4, 0.5) is 0 Å². The van der Waals surface area contributed by atoms with Crippen molar-refractivity contribution in [2.24, 2.45) is 0 Å². The largest absolute Gasteiger partial charge is 0.493 e. The summed E-state index contributed by atoms with van der Waals surface area (Å²) >= 11 is 0. The lowest BCUT2D eigenvalue weighted by Crippen LogP contribution is -2.11. The first-order chi connectivity index (χ1) is 11.3. The summed E-state index contributed by atoms with van der Waals surface area (Å²) in [6, 6.07) is 13.9. The first-order valence-corrected chi connectivity index (χ1v) is 7.05. The fourth-order valence-electron chi connectivity index (χ4n) is 2.05. The van der Waals surface area contributed by atoms with Crippen LogP contribution >= 0.6 is 0 Å². The summed E-state index contributed by atoms with van der Waals surface area (Å²) in [6.45, 7) is 2.33. The minimum atomic E-state index is -0.483. The third-order valence-corrected chi connectivity index (χ3v) is 3.05. The molecule has 0 radical (unpaired) electrons. The Balaban J connectivity index is 1.82. The molecule has 0 amide bonds. The Labute approximate surface area is 132 Å². The quantitative estimate of drug-likeness (QED) is 0.531. The van der Waals surface area contributed by atoms with Gasteiger partial charge in [0, 0.05) is 6.07 Å². The number of hydrogen-bond donors (Lipinski definition) is 0. The van der Waals surface area contributed by atoms with E-state index in [9.17, 15) is 4.79 Å². The number of hydrogen-bond acceptors (Lipinski definition) is 6. The highest BCUT2D eigenvalue weighted by Crippen LogP contribution is 2.22. The van der Waals surface area contributed by atoms with Crippen LogP contribution in [0.3, 0.4) is 0 Å². The Hall–Kier alpha value is -3.22. The van der Waals surface area contributed by atoms with E-state index in [-0.39, 0.29) is 0 Å². The second-order valence-electron chi connectivity index (χ2n) is 4.57. The zero-order valence-corrected chi connectivity index (χ0v) is 12.4. The predicted octanol–water partition coefficient (Wildman–Crippen LogP) is 2.28. The molecule has 7 nitrogen and oxygen atoms in total. The fourth-order valence-corrected chi connectivity index (χ4v) is 2.05. The van der Waals surface area contributed by atoms with Gasteiger partial charge in [-0.1, -0.05) is 18.2 Å². The lowest BCUT2D eigenvalue weighted by molar-refractivity contribution is 0.0730. The van der Waals surface area contributed by atoms with E-state index >= 15 is 0 Å². The van der Waals surface area contributed by atoms with Crippen molar-refractivity contribution in [1.29, 1.82) is 0 Å². The van der Waals surface area contributed by atoms with Crippen LogP contribution in [0.25, 0.3) is 5.69 Å². The smallest absolute Gasteiger partial charge is 0.347 e. The molecule has 0 bridgehead atoms. The maximum absolute atomic E-state index is 12.4. The van der Waals surface area contributed by atoms with E-state index in [1.54, 1.807) is 42.5 Å². The van der Waals surface area contributed by atoms with Crippen LogP contribution < -0.4 is 9.47 Å². The Morgan fingerprint density at radius 3 is 2.83 bits per heavy atom. The van der Waals surface area contributed by atoms with Gasteiger partial charge in [-0.3, -0.25) is 0 Å². The summed E-state index contributed by atoms with van der Waals surface area (Å²) in [4.78, 5) is 12.4. The molecule has 0 N–H and O–H groups in total. The molecule has 1 aromatic heterocycles. The maximum atomic E-state index is 12.4. The molecule has 23 heavy (non-hydrogen) atoms. The van der Waals surface area contributed by atoms with Crippen LogP contribution in [0, 0.1) is 0 Å². The minimum Gasteiger partial charge on any atom is -0.493 e. The van der Waals surface area contributed by atoms with Gasteiger partial charge in [-0.25, -0.2) is 9.48 Å². The molecule has 0 spiro atoms. The molecule has 0 unspecified atom stereocenters. The number of carbonyl (C=O) groups excluding carboxylic acids is 1. The van der Waals surface area contributed by atoms with Crippen LogP contribution in [0.1, 0.15) is 17.3 Å². The molecule has 0 saturated heterocycles. The van der Waals surface area contributed by atoms with Crippen LogP contribution in [-0.2, 0) is 0 Å². The SMILES string of the molecule is CCOc1ccccc1C(=O)Oc1cccc(-n2cnnn2)c1. The Morgan fingerprint density at radius 2 is 2.04 bits per heavy atom. The standard InChI is InChI=1S/C16H14N4O3/c1-2-22-15-9-4-3-8-14(15)16(21)23-13-7-5-6-12(10-13)20-11-17-18-19-20/h3-11H,2H2,1H3. The molecule has 1 heterocycles. The number of esters is 1. The Morgan fingerprint density at radius 1 is 1.17 bits per heavy atom. The third-order valence-electron chi connectivity index (χ3n) is 3.05. The molecule has 116 valence electrons. The lowest BCUT2D eigenvalue weighted by atomic mass is 10.2. The molecule has 0 atom stereocenters. The van der Waals surface area contributed by atoms with Crippen molar-refractivity contribution < 1.29 is 14.3 Å². The van der Waals surface area contributed by atoms with Crippen LogP contribution in [0.5, 0.6) is 11.5 Å². The van der Waals surface area contributed by atoms with Crippen LogP contribution in [-0.4, -0.2) is 32.8 Å². The highest BCUT2D eigenvalue weighted by molar-refractivity contribution is 5.94. The van der Waals surface area contributed by atoms with E-state index in [0.29, 0.717) is 29.4 Å². The van der Waals surface area contributed by atoms with Crippen molar-refractivity contribution in [1.82, 2.24) is 20.2 Å². The average molecular weight is 310 g/mol. The highest BCUT2D eigenvalue weighted by Gasteiger charge is 2.14. The van der Waals surface area contributed by atoms with E-state index in [4.69, 9.17) is 9.47 Å². The molecular weight excluding hydrogens is 296 g/mol. The maximum Gasteiger partial charge on any atom is 0.347 e.